The lowest BCUT2D eigenvalue weighted by molar-refractivity contribution is -0.132. The Kier molecular flexibility index (Phi) is 8.17. The van der Waals surface area contributed by atoms with Crippen LogP contribution in [0.4, 0.5) is 13.2 Å². The SMILES string of the molecule is CN(C)C(=NCCC(F)(F)F)N(C)C.I. The van der Waals surface area contributed by atoms with Gasteiger partial charge < -0.3 is 9.80 Å². The second-order valence-corrected chi connectivity index (χ2v) is 3.34. The number of halogens is 4. The molecule has 0 bridgehead atoms. The third-order valence-electron chi connectivity index (χ3n) is 1.45. The van der Waals surface area contributed by atoms with Crippen molar-refractivity contribution in [3.63, 3.8) is 0 Å². The van der Waals surface area contributed by atoms with E-state index in [9.17, 15) is 13.2 Å². The molecule has 0 aliphatic rings. The van der Waals surface area contributed by atoms with Gasteiger partial charge in [-0.05, 0) is 0 Å². The lowest BCUT2D eigenvalue weighted by Gasteiger charge is -2.22. The molecule has 0 aliphatic heterocycles. The molecule has 0 aromatic heterocycles. The molecule has 0 fully saturated rings. The first kappa shape index (κ1) is 17.2. The Morgan fingerprint density at radius 1 is 1.07 bits per heavy atom. The minimum atomic E-state index is -4.13. The van der Waals surface area contributed by atoms with Gasteiger partial charge in [0.15, 0.2) is 5.96 Å². The molecular formula is C8H17F3IN3. The molecule has 0 saturated heterocycles. The molecule has 0 N–H and O–H groups in total. The predicted molar refractivity (Wildman–Crippen MR) is 65.8 cm³/mol. The van der Waals surface area contributed by atoms with Crippen LogP contribution >= 0.6 is 24.0 Å². The van der Waals surface area contributed by atoms with E-state index in [1.807, 2.05) is 0 Å². The molecule has 0 rings (SSSR count). The zero-order chi connectivity index (χ0) is 11.4. The van der Waals surface area contributed by atoms with Gasteiger partial charge in [-0.15, -0.1) is 24.0 Å². The zero-order valence-electron chi connectivity index (χ0n) is 9.30. The Balaban J connectivity index is 0. The molecule has 0 spiro atoms. The van der Waals surface area contributed by atoms with Gasteiger partial charge in [0.25, 0.3) is 0 Å². The van der Waals surface area contributed by atoms with Crippen molar-refractivity contribution >= 4 is 29.9 Å². The van der Waals surface area contributed by atoms with Crippen LogP contribution < -0.4 is 0 Å². The summed E-state index contributed by atoms with van der Waals surface area (Å²) in [7, 11) is 6.97. The second kappa shape index (κ2) is 7.13. The van der Waals surface area contributed by atoms with Crippen molar-refractivity contribution < 1.29 is 13.2 Å². The number of hydrogen-bond donors (Lipinski definition) is 0. The van der Waals surface area contributed by atoms with Gasteiger partial charge in [0, 0.05) is 28.2 Å². The number of hydrogen-bond acceptors (Lipinski definition) is 1. The average Bonchev–Trinajstić information content (AvgIpc) is 1.94. The monoisotopic (exact) mass is 339 g/mol. The van der Waals surface area contributed by atoms with Crippen LogP contribution in [0.3, 0.4) is 0 Å². The van der Waals surface area contributed by atoms with E-state index in [0.29, 0.717) is 5.96 Å². The van der Waals surface area contributed by atoms with Crippen molar-refractivity contribution in [2.75, 3.05) is 34.7 Å². The molecular weight excluding hydrogens is 322 g/mol. The Bertz CT molecular complexity index is 192. The van der Waals surface area contributed by atoms with Gasteiger partial charge in [0.05, 0.1) is 13.0 Å². The van der Waals surface area contributed by atoms with Crippen LogP contribution in [0.15, 0.2) is 4.99 Å². The summed E-state index contributed by atoms with van der Waals surface area (Å²) in [6.07, 6.45) is -5.01. The molecule has 0 radical (unpaired) electrons. The van der Waals surface area contributed by atoms with Crippen LogP contribution in [-0.2, 0) is 0 Å². The summed E-state index contributed by atoms with van der Waals surface area (Å²) in [6.45, 7) is -0.227. The van der Waals surface area contributed by atoms with Crippen molar-refractivity contribution in [1.82, 2.24) is 9.80 Å². The van der Waals surface area contributed by atoms with Gasteiger partial charge in [-0.3, -0.25) is 4.99 Å². The first-order valence-corrected chi connectivity index (χ1v) is 4.20. The number of guanidine groups is 1. The maximum absolute atomic E-state index is 11.8. The lowest BCUT2D eigenvalue weighted by Crippen LogP contribution is -2.35. The molecule has 3 nitrogen and oxygen atoms in total. The van der Waals surface area contributed by atoms with Crippen LogP contribution in [0.1, 0.15) is 6.42 Å². The number of aliphatic imine (C=N–C) groups is 1. The van der Waals surface area contributed by atoms with E-state index in [4.69, 9.17) is 0 Å². The Hall–Kier alpha value is -0.210. The number of nitrogens with zero attached hydrogens (tertiary/aromatic N) is 3. The Labute approximate surface area is 105 Å². The van der Waals surface area contributed by atoms with E-state index in [-0.39, 0.29) is 30.5 Å². The molecule has 0 atom stereocenters. The minimum absolute atomic E-state index is 0. The Morgan fingerprint density at radius 3 is 1.73 bits per heavy atom. The highest BCUT2D eigenvalue weighted by molar-refractivity contribution is 14.0. The highest BCUT2D eigenvalue weighted by atomic mass is 127. The van der Waals surface area contributed by atoms with E-state index < -0.39 is 12.6 Å². The van der Waals surface area contributed by atoms with E-state index in [1.54, 1.807) is 38.0 Å². The van der Waals surface area contributed by atoms with Crippen molar-refractivity contribution in [3.8, 4) is 0 Å². The molecule has 7 heteroatoms. The number of rotatable bonds is 2. The van der Waals surface area contributed by atoms with Crippen molar-refractivity contribution in [2.45, 2.75) is 12.6 Å². The van der Waals surface area contributed by atoms with Gasteiger partial charge in [0.1, 0.15) is 0 Å². The molecule has 92 valence electrons. The van der Waals surface area contributed by atoms with Gasteiger partial charge >= 0.3 is 6.18 Å². The molecule has 0 unspecified atom stereocenters. The topological polar surface area (TPSA) is 18.8 Å². The lowest BCUT2D eigenvalue weighted by atomic mass is 10.4. The fourth-order valence-electron chi connectivity index (χ4n) is 0.966. The van der Waals surface area contributed by atoms with Crippen molar-refractivity contribution in [2.24, 2.45) is 4.99 Å². The highest BCUT2D eigenvalue weighted by Gasteiger charge is 2.26. The average molecular weight is 339 g/mol. The van der Waals surface area contributed by atoms with Gasteiger partial charge in [0.2, 0.25) is 0 Å². The number of alkyl halides is 3. The summed E-state index contributed by atoms with van der Waals surface area (Å²) in [6, 6.07) is 0. The standard InChI is InChI=1S/C8H16F3N3.HI/c1-13(2)7(14(3)4)12-6-5-8(9,10)11;/h5-6H2,1-4H3;1H. The van der Waals surface area contributed by atoms with E-state index in [1.165, 1.54) is 0 Å². The van der Waals surface area contributed by atoms with Crippen LogP contribution in [0.2, 0.25) is 0 Å². The summed E-state index contributed by atoms with van der Waals surface area (Å²) in [5.41, 5.74) is 0. The quantitative estimate of drug-likeness (QED) is 0.436. The molecule has 0 aromatic rings. The first-order chi connectivity index (χ1) is 6.24. The fraction of sp³-hybridized carbons (Fsp3) is 0.875. The molecule has 0 amide bonds. The maximum Gasteiger partial charge on any atom is 0.390 e. The summed E-state index contributed by atoms with van der Waals surface area (Å²) < 4.78 is 35.4. The summed E-state index contributed by atoms with van der Waals surface area (Å²) in [5.74, 6) is 0.536. The third-order valence-corrected chi connectivity index (χ3v) is 1.45. The van der Waals surface area contributed by atoms with Crippen molar-refractivity contribution in [1.29, 1.82) is 0 Å². The molecule has 0 saturated carbocycles. The van der Waals surface area contributed by atoms with Crippen molar-refractivity contribution in [3.05, 3.63) is 0 Å². The summed E-state index contributed by atoms with van der Waals surface area (Å²) in [5, 5.41) is 0. The summed E-state index contributed by atoms with van der Waals surface area (Å²) >= 11 is 0. The van der Waals surface area contributed by atoms with Crippen LogP contribution in [0.25, 0.3) is 0 Å². The first-order valence-electron chi connectivity index (χ1n) is 4.20. The third kappa shape index (κ3) is 8.76. The van der Waals surface area contributed by atoms with E-state index in [0.717, 1.165) is 0 Å². The zero-order valence-corrected chi connectivity index (χ0v) is 11.6. The van der Waals surface area contributed by atoms with Gasteiger partial charge in [-0.2, -0.15) is 13.2 Å². The molecule has 0 aliphatic carbocycles. The van der Waals surface area contributed by atoms with Crippen LogP contribution in [-0.4, -0.2) is 56.7 Å². The maximum atomic E-state index is 11.8. The largest absolute Gasteiger partial charge is 0.390 e. The molecule has 15 heavy (non-hydrogen) atoms. The van der Waals surface area contributed by atoms with Crippen LogP contribution in [0, 0.1) is 0 Å². The molecule has 0 heterocycles. The Morgan fingerprint density at radius 2 is 1.47 bits per heavy atom. The smallest absolute Gasteiger partial charge is 0.349 e. The predicted octanol–water partition coefficient (Wildman–Crippen LogP) is 2.04. The van der Waals surface area contributed by atoms with Crippen LogP contribution in [0.5, 0.6) is 0 Å². The minimum Gasteiger partial charge on any atom is -0.349 e. The molecule has 0 aromatic carbocycles. The highest BCUT2D eigenvalue weighted by Crippen LogP contribution is 2.18. The van der Waals surface area contributed by atoms with E-state index >= 15 is 0 Å². The normalized spacial score (nSPS) is 10.3. The summed E-state index contributed by atoms with van der Waals surface area (Å²) in [4.78, 5) is 7.21. The van der Waals surface area contributed by atoms with E-state index in [2.05, 4.69) is 4.99 Å². The van der Waals surface area contributed by atoms with Gasteiger partial charge in [-0.25, -0.2) is 0 Å². The second-order valence-electron chi connectivity index (χ2n) is 3.34. The van der Waals surface area contributed by atoms with Gasteiger partial charge in [-0.1, -0.05) is 0 Å². The fourth-order valence-corrected chi connectivity index (χ4v) is 0.966.